The van der Waals surface area contributed by atoms with Gasteiger partial charge in [-0.05, 0) is 35.4 Å². The number of rotatable bonds is 7. The zero-order valence-electron chi connectivity index (χ0n) is 16.5. The Morgan fingerprint density at radius 3 is 2.58 bits per heavy atom. The number of amides is 1. The maximum atomic E-state index is 12.5. The second-order valence-corrected chi connectivity index (χ2v) is 7.68. The van der Waals surface area contributed by atoms with E-state index in [9.17, 15) is 14.7 Å². The molecule has 1 aromatic heterocycles. The minimum absolute atomic E-state index is 0.199. The number of hydrogen-bond acceptors (Lipinski definition) is 3. The van der Waals surface area contributed by atoms with Crippen LogP contribution < -0.4 is 5.32 Å². The lowest BCUT2D eigenvalue weighted by atomic mass is 9.99. The van der Waals surface area contributed by atoms with Crippen LogP contribution in [0.2, 0.25) is 5.02 Å². The van der Waals surface area contributed by atoms with E-state index < -0.39 is 11.9 Å². The highest BCUT2D eigenvalue weighted by Crippen LogP contribution is 2.21. The van der Waals surface area contributed by atoms with Crippen LogP contribution in [0.4, 0.5) is 0 Å². The van der Waals surface area contributed by atoms with Crippen molar-refractivity contribution in [3.8, 4) is 0 Å². The molecule has 0 saturated carbocycles. The van der Waals surface area contributed by atoms with Crippen molar-refractivity contribution in [2.75, 3.05) is 0 Å². The van der Waals surface area contributed by atoms with E-state index in [1.54, 1.807) is 47.3 Å². The number of carboxylic acids is 1. The van der Waals surface area contributed by atoms with Crippen LogP contribution in [0.15, 0.2) is 79.0 Å². The number of hydrogen-bond donors (Lipinski definition) is 2. The predicted molar refractivity (Wildman–Crippen MR) is 119 cm³/mol. The van der Waals surface area contributed by atoms with E-state index in [0.29, 0.717) is 22.6 Å². The molecule has 0 bridgehead atoms. The Hall–Kier alpha value is -3.64. The van der Waals surface area contributed by atoms with Gasteiger partial charge in [-0.2, -0.15) is 5.10 Å². The van der Waals surface area contributed by atoms with Crippen LogP contribution in [-0.4, -0.2) is 26.8 Å². The third kappa shape index (κ3) is 4.92. The second kappa shape index (κ2) is 9.02. The molecule has 1 atom stereocenters. The quantitative estimate of drug-likeness (QED) is 0.449. The SMILES string of the molecule is O=C(NCc1cccc(Cl)c1)c1ccc2cn(CC(C(=O)O)c3ccccc3)nc2c1. The number of carboxylic acid groups (broad SMARTS) is 1. The molecule has 31 heavy (non-hydrogen) atoms. The lowest BCUT2D eigenvalue weighted by Gasteiger charge is -2.12. The van der Waals surface area contributed by atoms with Crippen LogP contribution >= 0.6 is 11.6 Å². The third-order valence-corrected chi connectivity index (χ3v) is 5.26. The van der Waals surface area contributed by atoms with Gasteiger partial charge in [0.1, 0.15) is 5.92 Å². The van der Waals surface area contributed by atoms with Crippen molar-refractivity contribution in [3.63, 3.8) is 0 Å². The second-order valence-electron chi connectivity index (χ2n) is 7.24. The fourth-order valence-electron chi connectivity index (χ4n) is 3.43. The zero-order chi connectivity index (χ0) is 21.8. The minimum atomic E-state index is -0.910. The summed E-state index contributed by atoms with van der Waals surface area (Å²) >= 11 is 5.98. The van der Waals surface area contributed by atoms with Gasteiger partial charge < -0.3 is 10.4 Å². The molecule has 0 fully saturated rings. The third-order valence-electron chi connectivity index (χ3n) is 5.03. The molecule has 0 spiro atoms. The standard InChI is InChI=1S/C24H20ClN3O3/c25-20-8-4-5-16(11-20)13-26-23(29)18-9-10-19-14-28(27-22(19)12-18)15-21(24(30)31)17-6-2-1-3-7-17/h1-12,14,21H,13,15H2,(H,26,29)(H,30,31). The number of nitrogens with zero attached hydrogens (tertiary/aromatic N) is 2. The van der Waals surface area contributed by atoms with Crippen molar-refractivity contribution in [2.45, 2.75) is 19.0 Å². The fourth-order valence-corrected chi connectivity index (χ4v) is 3.64. The van der Waals surface area contributed by atoms with E-state index in [1.807, 2.05) is 36.4 Å². The van der Waals surface area contributed by atoms with Crippen molar-refractivity contribution in [2.24, 2.45) is 0 Å². The van der Waals surface area contributed by atoms with Gasteiger partial charge in [0, 0.05) is 28.7 Å². The largest absolute Gasteiger partial charge is 0.481 e. The number of carbonyl (C=O) groups is 2. The van der Waals surface area contributed by atoms with Gasteiger partial charge in [-0.3, -0.25) is 14.3 Å². The van der Waals surface area contributed by atoms with Crippen molar-refractivity contribution in [1.29, 1.82) is 0 Å². The molecule has 0 radical (unpaired) electrons. The smallest absolute Gasteiger partial charge is 0.312 e. The summed E-state index contributed by atoms with van der Waals surface area (Å²) in [5.41, 5.74) is 2.74. The number of benzene rings is 3. The van der Waals surface area contributed by atoms with Gasteiger partial charge in [-0.15, -0.1) is 0 Å². The van der Waals surface area contributed by atoms with Gasteiger partial charge in [0.25, 0.3) is 5.91 Å². The van der Waals surface area contributed by atoms with Crippen LogP contribution in [0.5, 0.6) is 0 Å². The fraction of sp³-hybridized carbons (Fsp3) is 0.125. The number of aromatic nitrogens is 2. The molecule has 0 aliphatic carbocycles. The molecule has 0 saturated heterocycles. The summed E-state index contributed by atoms with van der Waals surface area (Å²) in [6.07, 6.45) is 1.79. The lowest BCUT2D eigenvalue weighted by molar-refractivity contribution is -0.139. The van der Waals surface area contributed by atoms with Gasteiger partial charge in [0.05, 0.1) is 12.1 Å². The number of fused-ring (bicyclic) bond motifs is 1. The normalized spacial score (nSPS) is 11.9. The van der Waals surface area contributed by atoms with E-state index in [4.69, 9.17) is 11.6 Å². The van der Waals surface area contributed by atoms with Crippen LogP contribution in [0.1, 0.15) is 27.4 Å². The Balaban J connectivity index is 1.50. The molecular weight excluding hydrogens is 414 g/mol. The van der Waals surface area contributed by atoms with Crippen LogP contribution in [0, 0.1) is 0 Å². The molecule has 0 aliphatic heterocycles. The average Bonchev–Trinajstić information content (AvgIpc) is 3.18. The molecule has 7 heteroatoms. The highest BCUT2D eigenvalue weighted by atomic mass is 35.5. The van der Waals surface area contributed by atoms with Crippen LogP contribution in [0.25, 0.3) is 10.9 Å². The first kappa shape index (κ1) is 20.6. The minimum Gasteiger partial charge on any atom is -0.481 e. The molecule has 3 aromatic carbocycles. The van der Waals surface area contributed by atoms with Gasteiger partial charge in [-0.25, -0.2) is 0 Å². The van der Waals surface area contributed by atoms with Crippen LogP contribution in [-0.2, 0) is 17.9 Å². The Morgan fingerprint density at radius 1 is 1.03 bits per heavy atom. The number of carbonyl (C=O) groups excluding carboxylic acids is 1. The lowest BCUT2D eigenvalue weighted by Crippen LogP contribution is -2.22. The first-order chi connectivity index (χ1) is 15.0. The molecule has 1 heterocycles. The maximum Gasteiger partial charge on any atom is 0.312 e. The van der Waals surface area contributed by atoms with E-state index in [0.717, 1.165) is 16.5 Å². The van der Waals surface area contributed by atoms with E-state index in [-0.39, 0.29) is 12.5 Å². The molecular formula is C24H20ClN3O3. The average molecular weight is 434 g/mol. The molecule has 4 rings (SSSR count). The highest BCUT2D eigenvalue weighted by molar-refractivity contribution is 6.30. The van der Waals surface area contributed by atoms with Gasteiger partial charge in [-0.1, -0.05) is 60.1 Å². The molecule has 4 aromatic rings. The van der Waals surface area contributed by atoms with Crippen LogP contribution in [0.3, 0.4) is 0 Å². The number of nitrogens with one attached hydrogen (secondary N) is 1. The maximum absolute atomic E-state index is 12.5. The molecule has 1 unspecified atom stereocenters. The van der Waals surface area contributed by atoms with E-state index in [1.165, 1.54) is 0 Å². The van der Waals surface area contributed by atoms with Gasteiger partial charge in [0.15, 0.2) is 0 Å². The van der Waals surface area contributed by atoms with Gasteiger partial charge >= 0.3 is 5.97 Å². The first-order valence-corrected chi connectivity index (χ1v) is 10.1. The molecule has 156 valence electrons. The topological polar surface area (TPSA) is 84.2 Å². The summed E-state index contributed by atoms with van der Waals surface area (Å²) in [4.78, 5) is 24.3. The van der Waals surface area contributed by atoms with Crippen molar-refractivity contribution in [1.82, 2.24) is 15.1 Å². The predicted octanol–water partition coefficient (Wildman–Crippen LogP) is 4.49. The van der Waals surface area contributed by atoms with E-state index in [2.05, 4.69) is 10.4 Å². The summed E-state index contributed by atoms with van der Waals surface area (Å²) in [5, 5.41) is 18.5. The highest BCUT2D eigenvalue weighted by Gasteiger charge is 2.21. The molecule has 2 N–H and O–H groups in total. The van der Waals surface area contributed by atoms with Crippen molar-refractivity contribution >= 4 is 34.4 Å². The van der Waals surface area contributed by atoms with Gasteiger partial charge in [0.2, 0.25) is 0 Å². The Labute approximate surface area is 184 Å². The summed E-state index contributed by atoms with van der Waals surface area (Å²) < 4.78 is 1.62. The summed E-state index contributed by atoms with van der Waals surface area (Å²) in [5.74, 6) is -1.84. The van der Waals surface area contributed by atoms with E-state index >= 15 is 0 Å². The van der Waals surface area contributed by atoms with Crippen molar-refractivity contribution in [3.05, 3.63) is 101 Å². The monoisotopic (exact) mass is 433 g/mol. The van der Waals surface area contributed by atoms with Crippen molar-refractivity contribution < 1.29 is 14.7 Å². The molecule has 1 amide bonds. The number of aliphatic carboxylic acids is 1. The Kier molecular flexibility index (Phi) is 6.00. The molecule has 6 nitrogen and oxygen atoms in total. The summed E-state index contributed by atoms with van der Waals surface area (Å²) in [7, 11) is 0. The summed E-state index contributed by atoms with van der Waals surface area (Å²) in [6, 6.07) is 21.6. The zero-order valence-corrected chi connectivity index (χ0v) is 17.3. The Bertz CT molecular complexity index is 1240. The number of halogens is 1. The Morgan fingerprint density at radius 2 is 1.84 bits per heavy atom. The summed E-state index contributed by atoms with van der Waals surface area (Å²) in [6.45, 7) is 0.563. The molecule has 0 aliphatic rings. The first-order valence-electron chi connectivity index (χ1n) is 9.77.